The first kappa shape index (κ1) is 19.2. The molecule has 0 atom stereocenters. The van der Waals surface area contributed by atoms with Crippen molar-refractivity contribution in [2.45, 2.75) is 6.42 Å². The average molecular weight is 393 g/mol. The zero-order valence-electron chi connectivity index (χ0n) is 16.4. The van der Waals surface area contributed by atoms with Gasteiger partial charge in [-0.05, 0) is 35.4 Å². The van der Waals surface area contributed by atoms with E-state index in [1.165, 1.54) is 4.68 Å². The molecule has 0 fully saturated rings. The minimum Gasteiger partial charge on any atom is -0.457 e. The number of rotatable bonds is 5. The van der Waals surface area contributed by atoms with Gasteiger partial charge in [0, 0.05) is 24.2 Å². The van der Waals surface area contributed by atoms with E-state index in [0.29, 0.717) is 29.2 Å². The minimum atomic E-state index is -0.208. The Hall–Kier alpha value is -4.17. The van der Waals surface area contributed by atoms with Crippen LogP contribution in [0.5, 0.6) is 11.5 Å². The van der Waals surface area contributed by atoms with E-state index < -0.39 is 0 Å². The largest absolute Gasteiger partial charge is 0.457 e. The van der Waals surface area contributed by atoms with Crippen LogP contribution in [0, 0.1) is 11.3 Å². The van der Waals surface area contributed by atoms with Gasteiger partial charge in [0.15, 0.2) is 0 Å². The van der Waals surface area contributed by atoms with Crippen LogP contribution in [0.25, 0.3) is 22.4 Å². The van der Waals surface area contributed by atoms with Crippen molar-refractivity contribution >= 4 is 0 Å². The molecule has 0 unspecified atom stereocenters. The Morgan fingerprint density at radius 2 is 1.70 bits per heavy atom. The summed E-state index contributed by atoms with van der Waals surface area (Å²) in [6, 6.07) is 28.5. The van der Waals surface area contributed by atoms with Gasteiger partial charge in [-0.25, -0.2) is 4.68 Å². The molecule has 5 heteroatoms. The van der Waals surface area contributed by atoms with Gasteiger partial charge in [0.2, 0.25) is 0 Å². The summed E-state index contributed by atoms with van der Waals surface area (Å²) in [6.45, 7) is 0. The number of aromatic nitrogens is 2. The summed E-state index contributed by atoms with van der Waals surface area (Å²) in [5, 5.41) is 13.6. The summed E-state index contributed by atoms with van der Waals surface area (Å²) < 4.78 is 7.43. The molecule has 5 nitrogen and oxygen atoms in total. The Kier molecular flexibility index (Phi) is 5.40. The van der Waals surface area contributed by atoms with Gasteiger partial charge in [0.1, 0.15) is 17.2 Å². The zero-order valence-corrected chi connectivity index (χ0v) is 16.4. The smallest absolute Gasteiger partial charge is 0.267 e. The minimum absolute atomic E-state index is 0.208. The van der Waals surface area contributed by atoms with Crippen LogP contribution in [0.1, 0.15) is 5.56 Å². The number of nitriles is 1. The molecule has 30 heavy (non-hydrogen) atoms. The van der Waals surface area contributed by atoms with Crippen molar-refractivity contribution in [2.24, 2.45) is 7.05 Å². The van der Waals surface area contributed by atoms with Crippen molar-refractivity contribution in [3.8, 4) is 40.0 Å². The van der Waals surface area contributed by atoms with Crippen LogP contribution < -0.4 is 10.3 Å². The second-order valence-corrected chi connectivity index (χ2v) is 6.82. The number of nitrogens with zero attached hydrogens (tertiary/aromatic N) is 3. The molecule has 1 heterocycles. The van der Waals surface area contributed by atoms with Gasteiger partial charge >= 0.3 is 0 Å². The lowest BCUT2D eigenvalue weighted by atomic mass is 9.97. The molecule has 0 amide bonds. The fourth-order valence-corrected chi connectivity index (χ4v) is 3.26. The fraction of sp³-hybridized carbons (Fsp3) is 0.0800. The van der Waals surface area contributed by atoms with Gasteiger partial charge in [-0.15, -0.1) is 0 Å². The molecule has 0 aliphatic carbocycles. The highest BCUT2D eigenvalue weighted by molar-refractivity contribution is 5.83. The predicted molar refractivity (Wildman–Crippen MR) is 116 cm³/mol. The van der Waals surface area contributed by atoms with Crippen LogP contribution in [0.3, 0.4) is 0 Å². The molecule has 0 saturated heterocycles. The summed E-state index contributed by atoms with van der Waals surface area (Å²) >= 11 is 0. The topological polar surface area (TPSA) is 67.9 Å². The summed E-state index contributed by atoms with van der Waals surface area (Å²) in [4.78, 5) is 12.4. The Balaban J connectivity index is 1.89. The van der Waals surface area contributed by atoms with E-state index in [1.807, 2.05) is 78.9 Å². The maximum absolute atomic E-state index is 12.4. The quantitative estimate of drug-likeness (QED) is 0.480. The molecular formula is C25H19N3O2. The van der Waals surface area contributed by atoms with Crippen molar-refractivity contribution in [3.63, 3.8) is 0 Å². The highest BCUT2D eigenvalue weighted by Crippen LogP contribution is 2.37. The van der Waals surface area contributed by atoms with Crippen molar-refractivity contribution in [2.75, 3.05) is 0 Å². The molecule has 0 saturated carbocycles. The molecule has 0 N–H and O–H groups in total. The third kappa shape index (κ3) is 3.98. The first-order valence-electron chi connectivity index (χ1n) is 9.52. The molecule has 146 valence electrons. The third-order valence-corrected chi connectivity index (χ3v) is 4.73. The molecule has 4 aromatic rings. The number of ether oxygens (including phenoxy) is 1. The van der Waals surface area contributed by atoms with Gasteiger partial charge < -0.3 is 4.74 Å². The molecule has 4 rings (SSSR count). The van der Waals surface area contributed by atoms with E-state index in [-0.39, 0.29) is 5.56 Å². The van der Waals surface area contributed by atoms with E-state index in [4.69, 9.17) is 10.00 Å². The van der Waals surface area contributed by atoms with E-state index in [2.05, 4.69) is 11.2 Å². The second kappa shape index (κ2) is 8.46. The molecule has 0 aliphatic heterocycles. The molecule has 0 bridgehead atoms. The van der Waals surface area contributed by atoms with Crippen molar-refractivity contribution in [1.82, 2.24) is 9.78 Å². The van der Waals surface area contributed by atoms with Gasteiger partial charge in [0.05, 0.1) is 12.5 Å². The lowest BCUT2D eigenvalue weighted by Crippen LogP contribution is -2.19. The molecule has 1 aromatic heterocycles. The van der Waals surface area contributed by atoms with Crippen LogP contribution in [0.15, 0.2) is 89.7 Å². The van der Waals surface area contributed by atoms with E-state index in [1.54, 1.807) is 13.1 Å². The van der Waals surface area contributed by atoms with E-state index >= 15 is 0 Å². The standard InChI is InChI=1S/C25H19N3O2/c1-28-24(29)17-22(19-9-7-8-18(16-19)14-15-26)25(27-28)21-12-5-6-13-23(21)30-20-10-3-2-4-11-20/h2-13,16-17H,14H2,1H3. The first-order chi connectivity index (χ1) is 14.7. The Bertz CT molecular complexity index is 1290. The summed E-state index contributed by atoms with van der Waals surface area (Å²) in [6.07, 6.45) is 0.301. The second-order valence-electron chi connectivity index (χ2n) is 6.82. The maximum Gasteiger partial charge on any atom is 0.267 e. The monoisotopic (exact) mass is 393 g/mol. The summed E-state index contributed by atoms with van der Waals surface area (Å²) in [7, 11) is 1.63. The first-order valence-corrected chi connectivity index (χ1v) is 9.52. The van der Waals surface area contributed by atoms with Crippen LogP contribution in [-0.2, 0) is 13.5 Å². The van der Waals surface area contributed by atoms with Gasteiger partial charge in [0.25, 0.3) is 5.56 Å². The van der Waals surface area contributed by atoms with Crippen molar-refractivity contribution in [1.29, 1.82) is 5.26 Å². The lowest BCUT2D eigenvalue weighted by molar-refractivity contribution is 0.484. The number of benzene rings is 3. The van der Waals surface area contributed by atoms with Gasteiger partial charge in [-0.1, -0.05) is 54.6 Å². The maximum atomic E-state index is 12.4. The molecular weight excluding hydrogens is 374 g/mol. The number of para-hydroxylation sites is 2. The van der Waals surface area contributed by atoms with Crippen LogP contribution in [0.4, 0.5) is 0 Å². The third-order valence-electron chi connectivity index (χ3n) is 4.73. The number of hydrogen-bond acceptors (Lipinski definition) is 4. The molecule has 0 radical (unpaired) electrons. The van der Waals surface area contributed by atoms with E-state index in [9.17, 15) is 4.79 Å². The van der Waals surface area contributed by atoms with Gasteiger partial charge in [-0.2, -0.15) is 10.4 Å². The lowest BCUT2D eigenvalue weighted by Gasteiger charge is -2.15. The normalized spacial score (nSPS) is 10.4. The fourth-order valence-electron chi connectivity index (χ4n) is 3.26. The molecule has 0 aliphatic rings. The summed E-state index contributed by atoms with van der Waals surface area (Å²) in [5.41, 5.74) is 3.62. The van der Waals surface area contributed by atoms with Crippen LogP contribution in [0.2, 0.25) is 0 Å². The average Bonchev–Trinajstić information content (AvgIpc) is 2.77. The number of hydrogen-bond donors (Lipinski definition) is 0. The predicted octanol–water partition coefficient (Wildman–Crippen LogP) is 4.97. The van der Waals surface area contributed by atoms with Gasteiger partial charge in [-0.3, -0.25) is 4.79 Å². The van der Waals surface area contributed by atoms with Crippen molar-refractivity contribution < 1.29 is 4.74 Å². The summed E-state index contributed by atoms with van der Waals surface area (Å²) in [5.74, 6) is 1.36. The van der Waals surface area contributed by atoms with Crippen molar-refractivity contribution in [3.05, 3.63) is 101 Å². The zero-order chi connectivity index (χ0) is 20.9. The van der Waals surface area contributed by atoms with E-state index in [0.717, 1.165) is 16.7 Å². The number of aryl methyl sites for hydroxylation is 1. The SMILES string of the molecule is Cn1nc(-c2ccccc2Oc2ccccc2)c(-c2cccc(CC#N)c2)cc1=O. The van der Waals surface area contributed by atoms with Crippen LogP contribution >= 0.6 is 0 Å². The highest BCUT2D eigenvalue weighted by atomic mass is 16.5. The molecule has 3 aromatic carbocycles. The Morgan fingerprint density at radius 1 is 0.933 bits per heavy atom. The highest BCUT2D eigenvalue weighted by Gasteiger charge is 2.16. The Labute approximate surface area is 174 Å². The Morgan fingerprint density at radius 3 is 2.50 bits per heavy atom. The van der Waals surface area contributed by atoms with Crippen LogP contribution in [-0.4, -0.2) is 9.78 Å². The molecule has 0 spiro atoms.